The first-order valence-electron chi connectivity index (χ1n) is 3.65. The minimum atomic E-state index is 0.296. The molecule has 0 fully saturated rings. The topological polar surface area (TPSA) is 26.0 Å². The van der Waals surface area contributed by atoms with Gasteiger partial charge in [-0.2, -0.15) is 11.8 Å². The van der Waals surface area contributed by atoms with Gasteiger partial charge >= 0.3 is 0 Å². The molecule has 1 unspecified atom stereocenters. The summed E-state index contributed by atoms with van der Waals surface area (Å²) in [6, 6.07) is 0.296. The molecule has 1 nitrogen and oxygen atoms in total. The minimum absolute atomic E-state index is 0.296. The summed E-state index contributed by atoms with van der Waals surface area (Å²) in [5, 5.41) is 0.691. The van der Waals surface area contributed by atoms with Crippen molar-refractivity contribution in [2.24, 2.45) is 5.73 Å². The molecule has 0 bridgehead atoms. The Labute approximate surface area is 68.1 Å². The summed E-state index contributed by atoms with van der Waals surface area (Å²) in [6.07, 6.45) is 2.81. The molecule has 0 radical (unpaired) electrons. The second-order valence-corrected chi connectivity index (χ2v) is 4.28. The number of thioether (sulfide) groups is 1. The summed E-state index contributed by atoms with van der Waals surface area (Å²) in [4.78, 5) is 0. The Morgan fingerprint density at radius 3 is 2.60 bits per heavy atom. The van der Waals surface area contributed by atoms with Gasteiger partial charge in [0.1, 0.15) is 0 Å². The van der Waals surface area contributed by atoms with Gasteiger partial charge in [0.05, 0.1) is 0 Å². The van der Waals surface area contributed by atoms with Gasteiger partial charge in [-0.15, -0.1) is 6.58 Å². The van der Waals surface area contributed by atoms with Crippen LogP contribution in [0, 0.1) is 0 Å². The van der Waals surface area contributed by atoms with Crippen molar-refractivity contribution in [2.45, 2.75) is 31.6 Å². The van der Waals surface area contributed by atoms with Crippen molar-refractivity contribution in [1.82, 2.24) is 0 Å². The van der Waals surface area contributed by atoms with Crippen LogP contribution in [0.25, 0.3) is 0 Å². The summed E-state index contributed by atoms with van der Waals surface area (Å²) in [6.45, 7) is 8.01. The molecule has 1 atom stereocenters. The maximum atomic E-state index is 5.74. The van der Waals surface area contributed by atoms with Gasteiger partial charge < -0.3 is 5.73 Å². The highest BCUT2D eigenvalue weighted by Crippen LogP contribution is 2.10. The third-order valence-electron chi connectivity index (χ3n) is 1.11. The molecule has 0 aromatic carbocycles. The van der Waals surface area contributed by atoms with E-state index in [0.29, 0.717) is 11.3 Å². The Bertz CT molecular complexity index is 91.3. The summed E-state index contributed by atoms with van der Waals surface area (Å²) in [5.41, 5.74) is 5.74. The highest BCUT2D eigenvalue weighted by Gasteiger charge is 2.00. The lowest BCUT2D eigenvalue weighted by atomic mass is 10.2. The molecule has 0 aliphatic rings. The molecule has 60 valence electrons. The maximum absolute atomic E-state index is 5.74. The van der Waals surface area contributed by atoms with Crippen LogP contribution in [0.15, 0.2) is 12.7 Å². The molecule has 0 aliphatic carbocycles. The second-order valence-electron chi connectivity index (χ2n) is 2.67. The third kappa shape index (κ3) is 6.17. The van der Waals surface area contributed by atoms with Crippen LogP contribution in [0.3, 0.4) is 0 Å². The van der Waals surface area contributed by atoms with Crippen molar-refractivity contribution < 1.29 is 0 Å². The first kappa shape index (κ1) is 10.0. The van der Waals surface area contributed by atoms with Crippen molar-refractivity contribution >= 4 is 11.8 Å². The smallest absolute Gasteiger partial charge is 0.0165 e. The van der Waals surface area contributed by atoms with Crippen LogP contribution in [0.2, 0.25) is 0 Å². The van der Waals surface area contributed by atoms with Gasteiger partial charge in [0.2, 0.25) is 0 Å². The van der Waals surface area contributed by atoms with E-state index in [-0.39, 0.29) is 0 Å². The summed E-state index contributed by atoms with van der Waals surface area (Å²) < 4.78 is 0. The van der Waals surface area contributed by atoms with Gasteiger partial charge in [-0.3, -0.25) is 0 Å². The van der Waals surface area contributed by atoms with Gasteiger partial charge in [-0.05, 0) is 11.7 Å². The monoisotopic (exact) mass is 159 g/mol. The van der Waals surface area contributed by atoms with E-state index in [9.17, 15) is 0 Å². The van der Waals surface area contributed by atoms with Crippen LogP contribution < -0.4 is 5.73 Å². The van der Waals surface area contributed by atoms with E-state index in [0.717, 1.165) is 12.2 Å². The summed E-state index contributed by atoms with van der Waals surface area (Å²) >= 11 is 1.91. The molecule has 10 heavy (non-hydrogen) atoms. The first-order chi connectivity index (χ1) is 4.66. The quantitative estimate of drug-likeness (QED) is 0.621. The van der Waals surface area contributed by atoms with E-state index in [1.807, 2.05) is 17.8 Å². The zero-order valence-electron chi connectivity index (χ0n) is 6.84. The molecule has 0 amide bonds. The van der Waals surface area contributed by atoms with E-state index < -0.39 is 0 Å². The fourth-order valence-electron chi connectivity index (χ4n) is 0.598. The first-order valence-corrected chi connectivity index (χ1v) is 4.69. The second kappa shape index (κ2) is 5.81. The van der Waals surface area contributed by atoms with Crippen molar-refractivity contribution in [3.63, 3.8) is 0 Å². The molecule has 0 heterocycles. The lowest BCUT2D eigenvalue weighted by molar-refractivity contribution is 0.768. The van der Waals surface area contributed by atoms with Crippen LogP contribution in [0.1, 0.15) is 20.3 Å². The highest BCUT2D eigenvalue weighted by atomic mass is 32.2. The van der Waals surface area contributed by atoms with E-state index >= 15 is 0 Å². The van der Waals surface area contributed by atoms with E-state index in [1.54, 1.807) is 0 Å². The molecular formula is C8H17NS. The van der Waals surface area contributed by atoms with Gasteiger partial charge in [0.25, 0.3) is 0 Å². The Morgan fingerprint density at radius 2 is 2.20 bits per heavy atom. The van der Waals surface area contributed by atoms with Gasteiger partial charge in [0, 0.05) is 11.8 Å². The molecule has 0 aliphatic heterocycles. The van der Waals surface area contributed by atoms with Crippen molar-refractivity contribution in [3.05, 3.63) is 12.7 Å². The van der Waals surface area contributed by atoms with Crippen molar-refractivity contribution in [3.8, 4) is 0 Å². The zero-order chi connectivity index (χ0) is 7.98. The molecule has 2 heteroatoms. The number of hydrogen-bond donors (Lipinski definition) is 1. The van der Waals surface area contributed by atoms with Gasteiger partial charge in [0.15, 0.2) is 0 Å². The van der Waals surface area contributed by atoms with Crippen LogP contribution in [0.5, 0.6) is 0 Å². The summed E-state index contributed by atoms with van der Waals surface area (Å²) in [5.74, 6) is 1.05. The average molecular weight is 159 g/mol. The van der Waals surface area contributed by atoms with Crippen LogP contribution in [-0.4, -0.2) is 17.0 Å². The molecule has 0 saturated carbocycles. The fourth-order valence-corrected chi connectivity index (χ4v) is 1.37. The minimum Gasteiger partial charge on any atom is -0.327 e. The van der Waals surface area contributed by atoms with Gasteiger partial charge in [-0.25, -0.2) is 0 Å². The van der Waals surface area contributed by atoms with Gasteiger partial charge in [-0.1, -0.05) is 19.9 Å². The van der Waals surface area contributed by atoms with E-state index in [4.69, 9.17) is 5.73 Å². The van der Waals surface area contributed by atoms with Crippen LogP contribution in [-0.2, 0) is 0 Å². The molecule has 0 saturated heterocycles. The Kier molecular flexibility index (Phi) is 5.84. The molecule has 0 rings (SSSR count). The van der Waals surface area contributed by atoms with Crippen molar-refractivity contribution in [2.75, 3.05) is 5.75 Å². The number of rotatable bonds is 5. The Morgan fingerprint density at radius 1 is 1.60 bits per heavy atom. The standard InChI is InChI=1S/C8H17NS/c1-4-5-8(9)6-10-7(2)3/h4,7-8H,1,5-6,9H2,2-3H3. The average Bonchev–Trinajstić information content (AvgIpc) is 1.85. The predicted octanol–water partition coefficient (Wildman–Crippen LogP) is 2.03. The Hall–Kier alpha value is 0.0500. The molecular weight excluding hydrogens is 142 g/mol. The largest absolute Gasteiger partial charge is 0.327 e. The molecule has 0 aromatic heterocycles. The molecule has 0 spiro atoms. The number of nitrogens with two attached hydrogens (primary N) is 1. The molecule has 0 aromatic rings. The Balaban J connectivity index is 3.20. The van der Waals surface area contributed by atoms with E-state index in [1.165, 1.54) is 0 Å². The normalized spacial score (nSPS) is 13.6. The van der Waals surface area contributed by atoms with Crippen LogP contribution in [0.4, 0.5) is 0 Å². The lowest BCUT2D eigenvalue weighted by Crippen LogP contribution is -2.22. The van der Waals surface area contributed by atoms with Crippen LogP contribution >= 0.6 is 11.8 Å². The SMILES string of the molecule is C=CCC(N)CSC(C)C. The maximum Gasteiger partial charge on any atom is 0.0165 e. The van der Waals surface area contributed by atoms with Crippen molar-refractivity contribution in [1.29, 1.82) is 0 Å². The summed E-state index contributed by atoms with van der Waals surface area (Å²) in [7, 11) is 0. The lowest BCUT2D eigenvalue weighted by Gasteiger charge is -2.09. The fraction of sp³-hybridized carbons (Fsp3) is 0.750. The third-order valence-corrected chi connectivity index (χ3v) is 2.40. The predicted molar refractivity (Wildman–Crippen MR) is 50.4 cm³/mol. The highest BCUT2D eigenvalue weighted by molar-refractivity contribution is 7.99. The van der Waals surface area contributed by atoms with E-state index in [2.05, 4.69) is 20.4 Å². The number of hydrogen-bond acceptors (Lipinski definition) is 2. The zero-order valence-corrected chi connectivity index (χ0v) is 7.66. The molecule has 2 N–H and O–H groups in total.